The second kappa shape index (κ2) is 16.5. The minimum Gasteiger partial charge on any atom is -0.487 e. The van der Waals surface area contributed by atoms with E-state index in [0.29, 0.717) is 82.6 Å². The molecule has 0 spiro atoms. The maximum Gasteiger partial charge on any atom is 0.211 e. The SMILES string of the molecule is NCCOCCOCCN(Cc1ccccc1)CC(O)c1ccc(OCc2ccccc2)c(NC=O)c1. The van der Waals surface area contributed by atoms with Gasteiger partial charge in [-0.3, -0.25) is 9.69 Å². The number of nitrogens with one attached hydrogen (secondary N) is 1. The van der Waals surface area contributed by atoms with E-state index in [1.165, 1.54) is 0 Å². The normalized spacial score (nSPS) is 11.9. The van der Waals surface area contributed by atoms with E-state index in [-0.39, 0.29) is 0 Å². The largest absolute Gasteiger partial charge is 0.487 e. The predicted octanol–water partition coefficient (Wildman–Crippen LogP) is 3.36. The summed E-state index contributed by atoms with van der Waals surface area (Å²) in [6.45, 7) is 4.60. The molecular formula is C29H37N3O5. The summed E-state index contributed by atoms with van der Waals surface area (Å²) in [5, 5.41) is 13.8. The fourth-order valence-electron chi connectivity index (χ4n) is 3.82. The molecule has 0 saturated heterocycles. The van der Waals surface area contributed by atoms with E-state index in [4.69, 9.17) is 19.9 Å². The fraction of sp³-hybridized carbons (Fsp3) is 0.345. The molecule has 37 heavy (non-hydrogen) atoms. The maximum absolute atomic E-state index is 11.2. The summed E-state index contributed by atoms with van der Waals surface area (Å²) in [4.78, 5) is 13.4. The first-order chi connectivity index (χ1) is 18.2. The van der Waals surface area contributed by atoms with Gasteiger partial charge >= 0.3 is 0 Å². The van der Waals surface area contributed by atoms with Crippen LogP contribution in [0, 0.1) is 0 Å². The number of carbonyl (C=O) groups excluding carboxylic acids is 1. The number of nitrogens with zero attached hydrogens (tertiary/aromatic N) is 1. The van der Waals surface area contributed by atoms with Gasteiger partial charge in [0.05, 0.1) is 38.2 Å². The summed E-state index contributed by atoms with van der Waals surface area (Å²) in [5.74, 6) is 0.540. The number of hydrogen-bond donors (Lipinski definition) is 3. The van der Waals surface area contributed by atoms with Gasteiger partial charge < -0.3 is 30.4 Å². The summed E-state index contributed by atoms with van der Waals surface area (Å²) in [5.41, 5.74) is 8.79. The molecule has 3 aromatic carbocycles. The highest BCUT2D eigenvalue weighted by Crippen LogP contribution is 2.29. The van der Waals surface area contributed by atoms with Gasteiger partial charge in [0.25, 0.3) is 0 Å². The number of benzene rings is 3. The number of nitrogens with two attached hydrogens (primary N) is 1. The van der Waals surface area contributed by atoms with Gasteiger partial charge in [0.2, 0.25) is 6.41 Å². The van der Waals surface area contributed by atoms with Crippen molar-refractivity contribution in [2.45, 2.75) is 19.3 Å². The molecule has 4 N–H and O–H groups in total. The first kappa shape index (κ1) is 28.3. The van der Waals surface area contributed by atoms with Gasteiger partial charge in [-0.1, -0.05) is 66.7 Å². The van der Waals surface area contributed by atoms with E-state index in [1.807, 2.05) is 54.6 Å². The lowest BCUT2D eigenvalue weighted by Crippen LogP contribution is -2.32. The first-order valence-corrected chi connectivity index (χ1v) is 12.5. The number of rotatable bonds is 18. The summed E-state index contributed by atoms with van der Waals surface area (Å²) in [6.07, 6.45) is -0.163. The summed E-state index contributed by atoms with van der Waals surface area (Å²) in [7, 11) is 0. The van der Waals surface area contributed by atoms with E-state index >= 15 is 0 Å². The molecule has 8 nitrogen and oxygen atoms in total. The quantitative estimate of drug-likeness (QED) is 0.179. The van der Waals surface area contributed by atoms with Crippen LogP contribution in [0.1, 0.15) is 22.8 Å². The van der Waals surface area contributed by atoms with Gasteiger partial charge in [-0.2, -0.15) is 0 Å². The van der Waals surface area contributed by atoms with Gasteiger partial charge in [-0.25, -0.2) is 0 Å². The highest BCUT2D eigenvalue weighted by atomic mass is 16.5. The molecule has 0 fully saturated rings. The molecule has 198 valence electrons. The van der Waals surface area contributed by atoms with Crippen molar-refractivity contribution in [2.75, 3.05) is 51.4 Å². The molecule has 0 saturated carbocycles. The molecule has 0 aliphatic carbocycles. The van der Waals surface area contributed by atoms with Crippen LogP contribution in [-0.4, -0.2) is 62.5 Å². The molecule has 1 unspecified atom stereocenters. The van der Waals surface area contributed by atoms with Crippen molar-refractivity contribution in [3.8, 4) is 5.75 Å². The Balaban J connectivity index is 1.62. The van der Waals surface area contributed by atoms with Crippen LogP contribution in [0.2, 0.25) is 0 Å². The Morgan fingerprint density at radius 2 is 1.57 bits per heavy atom. The van der Waals surface area contributed by atoms with Crippen molar-refractivity contribution >= 4 is 12.1 Å². The van der Waals surface area contributed by atoms with Crippen molar-refractivity contribution in [1.29, 1.82) is 0 Å². The third-order valence-corrected chi connectivity index (χ3v) is 5.71. The van der Waals surface area contributed by atoms with Gasteiger partial charge in [-0.15, -0.1) is 0 Å². The molecule has 3 aromatic rings. The van der Waals surface area contributed by atoms with Gasteiger partial charge in [0, 0.05) is 26.2 Å². The Morgan fingerprint density at radius 3 is 2.24 bits per heavy atom. The van der Waals surface area contributed by atoms with Crippen LogP contribution in [0.3, 0.4) is 0 Å². The maximum atomic E-state index is 11.2. The Labute approximate surface area is 219 Å². The molecule has 0 aromatic heterocycles. The van der Waals surface area contributed by atoms with Crippen molar-refractivity contribution < 1.29 is 24.1 Å². The number of amides is 1. The monoisotopic (exact) mass is 507 g/mol. The number of carbonyl (C=O) groups is 1. The third kappa shape index (κ3) is 10.3. The summed E-state index contributed by atoms with van der Waals surface area (Å²) >= 11 is 0. The first-order valence-electron chi connectivity index (χ1n) is 12.5. The number of aliphatic hydroxyl groups excluding tert-OH is 1. The Kier molecular flexibility index (Phi) is 12.6. The van der Waals surface area contributed by atoms with E-state index in [2.05, 4.69) is 22.3 Å². The fourth-order valence-corrected chi connectivity index (χ4v) is 3.82. The number of ether oxygens (including phenoxy) is 3. The molecule has 0 aliphatic rings. The topological polar surface area (TPSA) is 106 Å². The molecule has 3 rings (SSSR count). The smallest absolute Gasteiger partial charge is 0.211 e. The average molecular weight is 508 g/mol. The standard InChI is InChI=1S/C29H37N3O5/c30-13-15-35-17-18-36-16-14-32(20-24-7-3-1-4-8-24)21-28(34)26-11-12-29(27(19-26)31-23-33)37-22-25-9-5-2-6-10-25/h1-12,19,23,28,34H,13-18,20-22,30H2,(H,31,33). The number of aliphatic hydroxyl groups is 1. The van der Waals surface area contributed by atoms with Crippen LogP contribution in [0.5, 0.6) is 5.75 Å². The molecule has 0 aliphatic heterocycles. The molecule has 1 atom stereocenters. The van der Waals surface area contributed by atoms with Gasteiger partial charge in [0.15, 0.2) is 0 Å². The zero-order valence-electron chi connectivity index (χ0n) is 21.1. The van der Waals surface area contributed by atoms with Crippen LogP contribution in [0.4, 0.5) is 5.69 Å². The van der Waals surface area contributed by atoms with E-state index in [0.717, 1.165) is 11.1 Å². The number of anilines is 1. The van der Waals surface area contributed by atoms with Gasteiger partial charge in [0.1, 0.15) is 12.4 Å². The van der Waals surface area contributed by atoms with E-state index in [9.17, 15) is 9.90 Å². The van der Waals surface area contributed by atoms with Crippen molar-refractivity contribution in [3.05, 3.63) is 95.6 Å². The van der Waals surface area contributed by atoms with Gasteiger partial charge in [-0.05, 0) is 28.8 Å². The lowest BCUT2D eigenvalue weighted by molar-refractivity contribution is -0.105. The second-order valence-electron chi connectivity index (χ2n) is 8.54. The molecule has 1 amide bonds. The third-order valence-electron chi connectivity index (χ3n) is 5.71. The summed E-state index contributed by atoms with van der Waals surface area (Å²) in [6, 6.07) is 25.3. The van der Waals surface area contributed by atoms with Crippen LogP contribution in [0.15, 0.2) is 78.9 Å². The van der Waals surface area contributed by atoms with E-state index < -0.39 is 6.10 Å². The Bertz CT molecular complexity index is 1040. The van der Waals surface area contributed by atoms with Crippen LogP contribution in [-0.2, 0) is 27.4 Å². The van der Waals surface area contributed by atoms with Crippen LogP contribution < -0.4 is 15.8 Å². The van der Waals surface area contributed by atoms with Crippen LogP contribution in [0.25, 0.3) is 0 Å². The van der Waals surface area contributed by atoms with E-state index in [1.54, 1.807) is 12.1 Å². The van der Waals surface area contributed by atoms with Crippen molar-refractivity contribution in [3.63, 3.8) is 0 Å². The zero-order valence-corrected chi connectivity index (χ0v) is 21.1. The Morgan fingerprint density at radius 1 is 0.892 bits per heavy atom. The lowest BCUT2D eigenvalue weighted by atomic mass is 10.1. The van der Waals surface area contributed by atoms with Crippen LogP contribution >= 0.6 is 0 Å². The zero-order chi connectivity index (χ0) is 26.1. The van der Waals surface area contributed by atoms with Crippen molar-refractivity contribution in [1.82, 2.24) is 4.90 Å². The minimum absolute atomic E-state index is 0.373. The highest BCUT2D eigenvalue weighted by molar-refractivity contribution is 5.76. The molecule has 8 heteroatoms. The predicted molar refractivity (Wildman–Crippen MR) is 144 cm³/mol. The molecule has 0 bridgehead atoms. The Hall–Kier alpha value is -3.27. The number of hydrogen-bond acceptors (Lipinski definition) is 7. The molecule has 0 radical (unpaired) electrons. The molecule has 0 heterocycles. The highest BCUT2D eigenvalue weighted by Gasteiger charge is 2.16. The second-order valence-corrected chi connectivity index (χ2v) is 8.54. The minimum atomic E-state index is -0.771. The lowest BCUT2D eigenvalue weighted by Gasteiger charge is -2.26. The average Bonchev–Trinajstić information content (AvgIpc) is 2.93. The van der Waals surface area contributed by atoms with Crippen molar-refractivity contribution in [2.24, 2.45) is 5.73 Å². The summed E-state index contributed by atoms with van der Waals surface area (Å²) < 4.78 is 17.0. The molecular weight excluding hydrogens is 470 g/mol.